The predicted octanol–water partition coefficient (Wildman–Crippen LogP) is 3.39. The SMILES string of the molecule is CC1CCN(C(=O)CSc2nnc3n2-c2sc4c(c2C2NC(C)NN32)[C@H](C)CCC4)CC1. The number of piperidine rings is 1. The van der Waals surface area contributed by atoms with Crippen molar-refractivity contribution in [3.05, 3.63) is 16.0 Å². The van der Waals surface area contributed by atoms with Gasteiger partial charge in [0.15, 0.2) is 5.16 Å². The largest absolute Gasteiger partial charge is 0.342 e. The molecule has 2 saturated heterocycles. The third-order valence-electron chi connectivity index (χ3n) is 7.34. The lowest BCUT2D eigenvalue weighted by Gasteiger charge is -2.32. The van der Waals surface area contributed by atoms with Gasteiger partial charge in [-0.2, -0.15) is 0 Å². The van der Waals surface area contributed by atoms with Gasteiger partial charge < -0.3 is 4.90 Å². The molecule has 6 rings (SSSR count). The number of carbonyl (C=O) groups is 1. The summed E-state index contributed by atoms with van der Waals surface area (Å²) in [5, 5.41) is 17.0. The van der Waals surface area contributed by atoms with Crippen molar-refractivity contribution in [1.82, 2.24) is 30.4 Å². The number of thiophene rings is 1. The fourth-order valence-corrected chi connectivity index (χ4v) is 7.93. The molecule has 2 unspecified atom stereocenters. The normalized spacial score (nSPS) is 27.2. The van der Waals surface area contributed by atoms with E-state index in [-0.39, 0.29) is 18.2 Å². The number of aromatic nitrogens is 3. The molecule has 3 atom stereocenters. The highest BCUT2D eigenvalue weighted by Gasteiger charge is 2.44. The monoisotopic (exact) mass is 473 g/mol. The first-order valence-electron chi connectivity index (χ1n) is 11.8. The molecule has 1 amide bonds. The van der Waals surface area contributed by atoms with Gasteiger partial charge in [0.05, 0.1) is 11.9 Å². The second-order valence-corrected chi connectivity index (χ2v) is 11.7. The Morgan fingerprint density at radius 1 is 1.16 bits per heavy atom. The molecule has 0 spiro atoms. The van der Waals surface area contributed by atoms with Crippen LogP contribution in [-0.2, 0) is 11.2 Å². The van der Waals surface area contributed by atoms with E-state index in [9.17, 15) is 4.79 Å². The molecule has 8 nitrogen and oxygen atoms in total. The smallest absolute Gasteiger partial charge is 0.249 e. The number of rotatable bonds is 3. The molecule has 2 aromatic rings. The van der Waals surface area contributed by atoms with E-state index in [0.29, 0.717) is 11.7 Å². The lowest BCUT2D eigenvalue weighted by molar-refractivity contribution is -0.129. The minimum atomic E-state index is 0.0760. The zero-order valence-corrected chi connectivity index (χ0v) is 20.6. The molecule has 2 fully saturated rings. The van der Waals surface area contributed by atoms with Gasteiger partial charge in [0.1, 0.15) is 11.2 Å². The Hall–Kier alpha value is -1.62. The number of nitrogens with zero attached hydrogens (tertiary/aromatic N) is 5. The highest BCUT2D eigenvalue weighted by Crippen LogP contribution is 2.50. The number of fused-ring (bicyclic) bond motifs is 8. The Morgan fingerprint density at radius 3 is 2.78 bits per heavy atom. The van der Waals surface area contributed by atoms with Crippen LogP contribution >= 0.6 is 23.1 Å². The Labute approximate surface area is 197 Å². The fraction of sp³-hybridized carbons (Fsp3) is 0.682. The fourth-order valence-electron chi connectivity index (χ4n) is 5.54. The molecule has 0 bridgehead atoms. The summed E-state index contributed by atoms with van der Waals surface area (Å²) in [4.78, 5) is 16.4. The van der Waals surface area contributed by atoms with Gasteiger partial charge in [0, 0.05) is 23.5 Å². The summed E-state index contributed by atoms with van der Waals surface area (Å²) < 4.78 is 2.19. The van der Waals surface area contributed by atoms with Gasteiger partial charge in [-0.3, -0.25) is 15.1 Å². The summed E-state index contributed by atoms with van der Waals surface area (Å²) in [7, 11) is 0. The van der Waals surface area contributed by atoms with Crippen molar-refractivity contribution in [2.45, 2.75) is 76.3 Å². The van der Waals surface area contributed by atoms with E-state index in [2.05, 4.69) is 51.3 Å². The van der Waals surface area contributed by atoms with Gasteiger partial charge in [-0.05, 0) is 56.4 Å². The van der Waals surface area contributed by atoms with Gasteiger partial charge in [-0.25, -0.2) is 9.99 Å². The van der Waals surface area contributed by atoms with Crippen LogP contribution in [0.15, 0.2) is 5.16 Å². The molecule has 32 heavy (non-hydrogen) atoms. The number of nitrogens with one attached hydrogen (secondary N) is 2. The third kappa shape index (κ3) is 3.29. The van der Waals surface area contributed by atoms with Crippen molar-refractivity contribution in [2.24, 2.45) is 5.92 Å². The second kappa shape index (κ2) is 8.00. The van der Waals surface area contributed by atoms with Crippen molar-refractivity contribution in [2.75, 3.05) is 23.9 Å². The number of hydrazine groups is 1. The molecule has 10 heteroatoms. The van der Waals surface area contributed by atoms with E-state index in [1.807, 2.05) is 16.2 Å². The van der Waals surface area contributed by atoms with E-state index in [4.69, 9.17) is 0 Å². The summed E-state index contributed by atoms with van der Waals surface area (Å²) in [5.41, 5.74) is 6.41. The first-order valence-corrected chi connectivity index (χ1v) is 13.6. The molecule has 172 valence electrons. The van der Waals surface area contributed by atoms with Crippen molar-refractivity contribution in [3.63, 3.8) is 0 Å². The minimum Gasteiger partial charge on any atom is -0.342 e. The minimum absolute atomic E-state index is 0.0760. The van der Waals surface area contributed by atoms with Crippen LogP contribution in [0.5, 0.6) is 0 Å². The first kappa shape index (κ1) is 20.9. The summed E-state index contributed by atoms with van der Waals surface area (Å²) >= 11 is 3.42. The topological polar surface area (TPSA) is 78.3 Å². The van der Waals surface area contributed by atoms with Crippen molar-refractivity contribution >= 4 is 35.0 Å². The van der Waals surface area contributed by atoms with Crippen molar-refractivity contribution < 1.29 is 4.79 Å². The first-order chi connectivity index (χ1) is 15.5. The van der Waals surface area contributed by atoms with Crippen molar-refractivity contribution in [3.8, 4) is 5.00 Å². The third-order valence-corrected chi connectivity index (χ3v) is 9.52. The lowest BCUT2D eigenvalue weighted by Crippen LogP contribution is -2.40. The zero-order valence-electron chi connectivity index (χ0n) is 18.9. The lowest BCUT2D eigenvalue weighted by atomic mass is 9.85. The molecule has 0 aromatic carbocycles. The van der Waals surface area contributed by atoms with Crippen LogP contribution in [-0.4, -0.2) is 50.6 Å². The summed E-state index contributed by atoms with van der Waals surface area (Å²) in [6, 6.07) is 0. The molecule has 1 aliphatic carbocycles. The van der Waals surface area contributed by atoms with Gasteiger partial charge in [0.25, 0.3) is 0 Å². The van der Waals surface area contributed by atoms with E-state index >= 15 is 0 Å². The highest BCUT2D eigenvalue weighted by molar-refractivity contribution is 7.99. The van der Waals surface area contributed by atoms with Gasteiger partial charge in [0.2, 0.25) is 11.9 Å². The van der Waals surface area contributed by atoms with E-state index in [0.717, 1.165) is 49.4 Å². The average Bonchev–Trinajstić information content (AvgIpc) is 3.46. The molecular formula is C22H31N7OS2. The Balaban J connectivity index is 1.33. The van der Waals surface area contributed by atoms with Crippen LogP contribution in [0.25, 0.3) is 5.00 Å². The van der Waals surface area contributed by atoms with Crippen LogP contribution in [0, 0.1) is 5.92 Å². The molecule has 0 saturated carbocycles. The van der Waals surface area contributed by atoms with Gasteiger partial charge in [-0.15, -0.1) is 21.5 Å². The van der Waals surface area contributed by atoms with Crippen LogP contribution in [0.2, 0.25) is 0 Å². The number of hydrogen-bond acceptors (Lipinski definition) is 8. The number of amides is 1. The number of likely N-dealkylation sites (tertiary alicyclic amines) is 1. The Kier molecular flexibility index (Phi) is 5.24. The maximum absolute atomic E-state index is 12.9. The molecule has 4 aliphatic rings. The van der Waals surface area contributed by atoms with Gasteiger partial charge in [-0.1, -0.05) is 25.6 Å². The maximum atomic E-state index is 12.9. The number of carbonyl (C=O) groups excluding carboxylic acids is 1. The van der Waals surface area contributed by atoms with Crippen LogP contribution in [0.3, 0.4) is 0 Å². The summed E-state index contributed by atoms with van der Waals surface area (Å²) in [6.07, 6.45) is 6.09. The molecule has 3 aliphatic heterocycles. The number of hydrogen-bond donors (Lipinski definition) is 2. The van der Waals surface area contributed by atoms with Gasteiger partial charge >= 0.3 is 0 Å². The zero-order chi connectivity index (χ0) is 22.0. The Morgan fingerprint density at radius 2 is 1.97 bits per heavy atom. The highest BCUT2D eigenvalue weighted by atomic mass is 32.2. The second-order valence-electron chi connectivity index (χ2n) is 9.71. The molecular weight excluding hydrogens is 442 g/mol. The summed E-state index contributed by atoms with van der Waals surface area (Å²) in [5.74, 6) is 2.72. The molecule has 2 N–H and O–H groups in total. The van der Waals surface area contributed by atoms with Crippen LogP contribution in [0.4, 0.5) is 5.95 Å². The van der Waals surface area contributed by atoms with E-state index in [1.54, 1.807) is 0 Å². The van der Waals surface area contributed by atoms with E-state index < -0.39 is 0 Å². The van der Waals surface area contributed by atoms with Crippen LogP contribution in [0.1, 0.15) is 74.5 Å². The standard InChI is InChI=1S/C22H31N7OS2/c1-12-7-9-27(10-8-12)16(30)11-31-22-25-24-21-28(22)20-18(19-23-14(3)26-29(19)21)17-13(2)5-4-6-15(17)32-20/h12-14,19,23,26H,4-11H2,1-3H3/t13-,14?,19?/m1/s1. The molecule has 0 radical (unpaired) electrons. The van der Waals surface area contributed by atoms with Crippen molar-refractivity contribution in [1.29, 1.82) is 0 Å². The number of anilines is 1. The maximum Gasteiger partial charge on any atom is 0.249 e. The molecule has 2 aromatic heterocycles. The molecule has 5 heterocycles. The number of aryl methyl sites for hydroxylation is 1. The van der Waals surface area contributed by atoms with E-state index in [1.165, 1.54) is 45.6 Å². The average molecular weight is 474 g/mol. The summed E-state index contributed by atoms with van der Waals surface area (Å²) in [6.45, 7) is 8.51. The number of thioether (sulfide) groups is 1. The quantitative estimate of drug-likeness (QED) is 0.662. The Bertz CT molecular complexity index is 1040. The van der Waals surface area contributed by atoms with Crippen LogP contribution < -0.4 is 15.8 Å². The predicted molar refractivity (Wildman–Crippen MR) is 127 cm³/mol.